The Balaban J connectivity index is 1.72. The number of ether oxygens (including phenoxy) is 2. The largest absolute Gasteiger partial charge is 0.488 e. The second-order valence-corrected chi connectivity index (χ2v) is 4.13. The van der Waals surface area contributed by atoms with Crippen molar-refractivity contribution in [2.75, 3.05) is 13.2 Å². The SMILES string of the molecule is NC1(Cl)C=C(OCCOc2cccnc2)NC=N1. The Bertz CT molecular complexity index is 448. The number of halogens is 1. The van der Waals surface area contributed by atoms with E-state index in [1.807, 2.05) is 6.07 Å². The first-order chi connectivity index (χ1) is 8.66. The lowest BCUT2D eigenvalue weighted by atomic mass is 10.4. The number of nitrogens with two attached hydrogens (primary N) is 1. The van der Waals surface area contributed by atoms with Gasteiger partial charge in [0.05, 0.1) is 12.5 Å². The van der Waals surface area contributed by atoms with Crippen LogP contribution in [0.25, 0.3) is 0 Å². The van der Waals surface area contributed by atoms with E-state index in [0.29, 0.717) is 24.8 Å². The highest BCUT2D eigenvalue weighted by atomic mass is 35.5. The lowest BCUT2D eigenvalue weighted by Gasteiger charge is -2.20. The summed E-state index contributed by atoms with van der Waals surface area (Å²) in [5.74, 6) is 1.15. The third kappa shape index (κ3) is 3.90. The zero-order valence-electron chi connectivity index (χ0n) is 9.54. The molecule has 96 valence electrons. The summed E-state index contributed by atoms with van der Waals surface area (Å²) < 4.78 is 10.8. The lowest BCUT2D eigenvalue weighted by Crippen LogP contribution is -2.35. The summed E-state index contributed by atoms with van der Waals surface area (Å²) in [6.07, 6.45) is 6.19. The first kappa shape index (κ1) is 12.7. The standard InChI is InChI=1S/C11H13ClN4O2/c12-11(13)6-10(15-8-16-11)18-5-4-17-9-2-1-3-14-7-9/h1-3,6-8H,4-5,13H2,(H,15,16). The van der Waals surface area contributed by atoms with Crippen molar-refractivity contribution in [3.63, 3.8) is 0 Å². The number of nitrogens with one attached hydrogen (secondary N) is 1. The fraction of sp³-hybridized carbons (Fsp3) is 0.273. The molecule has 0 aliphatic carbocycles. The van der Waals surface area contributed by atoms with Crippen LogP contribution in [0.2, 0.25) is 0 Å². The van der Waals surface area contributed by atoms with E-state index in [9.17, 15) is 0 Å². The van der Waals surface area contributed by atoms with Crippen molar-refractivity contribution in [1.82, 2.24) is 10.3 Å². The molecule has 2 heterocycles. The normalized spacial score (nSPS) is 22.0. The Morgan fingerprint density at radius 3 is 2.94 bits per heavy atom. The van der Waals surface area contributed by atoms with Gasteiger partial charge < -0.3 is 14.8 Å². The van der Waals surface area contributed by atoms with E-state index >= 15 is 0 Å². The molecule has 0 amide bonds. The molecule has 18 heavy (non-hydrogen) atoms. The monoisotopic (exact) mass is 268 g/mol. The maximum absolute atomic E-state index is 5.82. The van der Waals surface area contributed by atoms with Crippen LogP contribution in [0.5, 0.6) is 5.75 Å². The molecule has 1 atom stereocenters. The minimum absolute atomic E-state index is 0.356. The van der Waals surface area contributed by atoms with Gasteiger partial charge in [0.15, 0.2) is 5.88 Å². The Morgan fingerprint density at radius 1 is 1.39 bits per heavy atom. The van der Waals surface area contributed by atoms with Gasteiger partial charge >= 0.3 is 0 Å². The van der Waals surface area contributed by atoms with Crippen molar-refractivity contribution >= 4 is 17.9 Å². The van der Waals surface area contributed by atoms with E-state index in [2.05, 4.69) is 15.3 Å². The highest BCUT2D eigenvalue weighted by Crippen LogP contribution is 2.15. The summed E-state index contributed by atoms with van der Waals surface area (Å²) in [4.78, 5) is 7.73. The van der Waals surface area contributed by atoms with Crippen LogP contribution in [0.15, 0.2) is 41.5 Å². The molecule has 2 rings (SSSR count). The number of rotatable bonds is 5. The Hall–Kier alpha value is -1.79. The summed E-state index contributed by atoms with van der Waals surface area (Å²) >= 11 is 5.82. The highest BCUT2D eigenvalue weighted by Gasteiger charge is 2.20. The number of hydrogen-bond acceptors (Lipinski definition) is 6. The van der Waals surface area contributed by atoms with Gasteiger partial charge in [0.2, 0.25) is 5.12 Å². The minimum Gasteiger partial charge on any atom is -0.488 e. The van der Waals surface area contributed by atoms with E-state index in [-0.39, 0.29) is 0 Å². The molecule has 6 nitrogen and oxygen atoms in total. The van der Waals surface area contributed by atoms with E-state index in [1.54, 1.807) is 18.5 Å². The van der Waals surface area contributed by atoms with Crippen LogP contribution >= 0.6 is 11.6 Å². The van der Waals surface area contributed by atoms with E-state index in [0.717, 1.165) is 0 Å². The van der Waals surface area contributed by atoms with E-state index < -0.39 is 5.12 Å². The molecule has 1 aromatic heterocycles. The second-order valence-electron chi connectivity index (χ2n) is 3.52. The number of aliphatic imine (C=N–C) groups is 1. The predicted molar refractivity (Wildman–Crippen MR) is 68.2 cm³/mol. The van der Waals surface area contributed by atoms with Crippen molar-refractivity contribution in [3.05, 3.63) is 36.5 Å². The van der Waals surface area contributed by atoms with Gasteiger partial charge in [0.1, 0.15) is 19.0 Å². The third-order valence-corrected chi connectivity index (χ3v) is 2.25. The molecular formula is C11H13ClN4O2. The Kier molecular flexibility index (Phi) is 4.01. The lowest BCUT2D eigenvalue weighted by molar-refractivity contribution is 0.147. The number of pyridine rings is 1. The second kappa shape index (κ2) is 5.70. The zero-order valence-corrected chi connectivity index (χ0v) is 10.3. The van der Waals surface area contributed by atoms with Crippen molar-refractivity contribution in [2.24, 2.45) is 10.7 Å². The summed E-state index contributed by atoms with van der Waals surface area (Å²) in [5, 5.41) is 1.54. The molecule has 0 radical (unpaired) electrons. The number of aromatic nitrogens is 1. The third-order valence-electron chi connectivity index (χ3n) is 2.05. The van der Waals surface area contributed by atoms with Crippen LogP contribution in [0.1, 0.15) is 0 Å². The maximum atomic E-state index is 5.82. The molecule has 7 heteroatoms. The summed E-state index contributed by atoms with van der Waals surface area (Å²) in [6.45, 7) is 0.746. The average Bonchev–Trinajstić information content (AvgIpc) is 2.35. The van der Waals surface area contributed by atoms with Crippen LogP contribution in [0.3, 0.4) is 0 Å². The van der Waals surface area contributed by atoms with Crippen molar-refractivity contribution in [2.45, 2.75) is 5.12 Å². The molecule has 0 saturated heterocycles. The first-order valence-corrected chi connectivity index (χ1v) is 5.70. The molecular weight excluding hydrogens is 256 g/mol. The summed E-state index contributed by atoms with van der Waals surface area (Å²) in [7, 11) is 0. The zero-order chi connectivity index (χ0) is 12.8. The Morgan fingerprint density at radius 2 is 2.22 bits per heavy atom. The molecule has 1 aliphatic heterocycles. The highest BCUT2D eigenvalue weighted by molar-refractivity contribution is 6.25. The average molecular weight is 269 g/mol. The van der Waals surface area contributed by atoms with Gasteiger partial charge in [-0.1, -0.05) is 11.6 Å². The van der Waals surface area contributed by atoms with Crippen LogP contribution in [-0.2, 0) is 4.74 Å². The van der Waals surface area contributed by atoms with E-state index in [4.69, 9.17) is 26.8 Å². The predicted octanol–water partition coefficient (Wildman–Crippen LogP) is 0.801. The fourth-order valence-corrected chi connectivity index (χ4v) is 1.43. The van der Waals surface area contributed by atoms with Gasteiger partial charge in [0.25, 0.3) is 0 Å². The molecule has 1 aromatic rings. The number of nitrogens with zero attached hydrogens (tertiary/aromatic N) is 2. The molecule has 3 N–H and O–H groups in total. The van der Waals surface area contributed by atoms with Gasteiger partial charge in [0, 0.05) is 12.3 Å². The van der Waals surface area contributed by atoms with Crippen LogP contribution in [-0.4, -0.2) is 29.7 Å². The smallest absolute Gasteiger partial charge is 0.210 e. The molecule has 1 unspecified atom stereocenters. The van der Waals surface area contributed by atoms with Gasteiger partial charge in [-0.3, -0.25) is 10.7 Å². The summed E-state index contributed by atoms with van der Waals surface area (Å²) in [6, 6.07) is 3.62. The van der Waals surface area contributed by atoms with Crippen molar-refractivity contribution < 1.29 is 9.47 Å². The first-order valence-electron chi connectivity index (χ1n) is 5.32. The van der Waals surface area contributed by atoms with Crippen molar-refractivity contribution in [3.8, 4) is 5.75 Å². The van der Waals surface area contributed by atoms with Crippen LogP contribution in [0, 0.1) is 0 Å². The number of alkyl halides is 1. The number of hydrogen-bond donors (Lipinski definition) is 2. The molecule has 0 fully saturated rings. The van der Waals surface area contributed by atoms with Crippen LogP contribution in [0.4, 0.5) is 0 Å². The molecule has 1 aliphatic rings. The van der Waals surface area contributed by atoms with Gasteiger partial charge in [-0.25, -0.2) is 4.99 Å². The van der Waals surface area contributed by atoms with Gasteiger partial charge in [-0.05, 0) is 12.1 Å². The maximum Gasteiger partial charge on any atom is 0.210 e. The van der Waals surface area contributed by atoms with Crippen LogP contribution < -0.4 is 15.8 Å². The topological polar surface area (TPSA) is 81.8 Å². The molecule has 0 spiro atoms. The molecule has 0 saturated carbocycles. The van der Waals surface area contributed by atoms with E-state index in [1.165, 1.54) is 12.4 Å². The minimum atomic E-state index is -1.25. The quantitative estimate of drug-likeness (QED) is 0.469. The summed E-state index contributed by atoms with van der Waals surface area (Å²) in [5.41, 5.74) is 5.60. The molecule has 0 bridgehead atoms. The molecule has 0 aromatic carbocycles. The van der Waals surface area contributed by atoms with Gasteiger partial charge in [-0.15, -0.1) is 0 Å². The van der Waals surface area contributed by atoms with Gasteiger partial charge in [-0.2, -0.15) is 0 Å². The van der Waals surface area contributed by atoms with Crippen molar-refractivity contribution in [1.29, 1.82) is 0 Å². The Labute approximate surface area is 109 Å². The fourth-order valence-electron chi connectivity index (χ4n) is 1.28.